The van der Waals surface area contributed by atoms with E-state index in [1.54, 1.807) is 0 Å². The summed E-state index contributed by atoms with van der Waals surface area (Å²) in [5.74, 6) is 1.97. The first-order valence-electron chi connectivity index (χ1n) is 23.1. The van der Waals surface area contributed by atoms with Crippen molar-refractivity contribution in [2.45, 2.75) is 37.5 Å². The Bertz CT molecular complexity index is 3350. The minimum Gasteiger partial charge on any atom is -0.319 e. The van der Waals surface area contributed by atoms with Crippen molar-refractivity contribution < 1.29 is 4.57 Å². The van der Waals surface area contributed by atoms with E-state index >= 15 is 0 Å². The van der Waals surface area contributed by atoms with Crippen LogP contribution in [-0.4, -0.2) is 28.3 Å². The van der Waals surface area contributed by atoms with E-state index < -0.39 is 7.14 Å². The van der Waals surface area contributed by atoms with Gasteiger partial charge in [-0.1, -0.05) is 219 Å². The summed E-state index contributed by atoms with van der Waals surface area (Å²) >= 11 is 0. The average molecular weight is 872 g/mol. The lowest BCUT2D eigenvalue weighted by atomic mass is 9.65. The highest BCUT2D eigenvalue weighted by Gasteiger charge is 2.36. The molecule has 0 atom stereocenters. The molecule has 5 heteroatoms. The van der Waals surface area contributed by atoms with Gasteiger partial charge in [0.05, 0.1) is 0 Å². The fourth-order valence-electron chi connectivity index (χ4n) is 10.4. The Kier molecular flexibility index (Phi) is 10.8. The summed E-state index contributed by atoms with van der Waals surface area (Å²) < 4.78 is 12.9. The summed E-state index contributed by atoms with van der Waals surface area (Å²) in [6.45, 7) is 3.67. The molecular weight excluding hydrogens is 822 g/mol. The molecule has 1 aliphatic carbocycles. The van der Waals surface area contributed by atoms with Gasteiger partial charge in [-0.2, -0.15) is 0 Å². The minimum absolute atomic E-state index is 0.103. The Morgan fingerprint density at radius 1 is 0.364 bits per heavy atom. The van der Waals surface area contributed by atoms with Gasteiger partial charge in [-0.05, 0) is 98.3 Å². The summed E-state index contributed by atoms with van der Waals surface area (Å²) in [5.41, 5.74) is 12.5. The first-order valence-corrected chi connectivity index (χ1v) is 25.7. The first kappa shape index (κ1) is 41.4. The van der Waals surface area contributed by atoms with E-state index in [0.29, 0.717) is 17.5 Å². The predicted octanol–water partition coefficient (Wildman–Crippen LogP) is 15.7. The lowest BCUT2D eigenvalue weighted by Gasteiger charge is -2.39. The second kappa shape index (κ2) is 17.3. The molecule has 0 spiro atoms. The minimum atomic E-state index is -2.37. The van der Waals surface area contributed by atoms with E-state index in [9.17, 15) is 4.57 Å². The SMILES string of the molecule is CP(C)(=O)c1ccc(-c2c3ccccc3c(-c3ccc(C4(c5ccc(-c6nc(-c7ccccc7)nc(-c7cccc(-c8ccccc8)c7)n6)cc5)CCCCC4)cc3)c3ccccc23)cc1. The van der Waals surface area contributed by atoms with Crippen LogP contribution < -0.4 is 5.30 Å². The molecule has 1 saturated carbocycles. The molecule has 9 aromatic carbocycles. The Balaban J connectivity index is 0.968. The molecule has 0 N–H and O–H groups in total. The zero-order valence-corrected chi connectivity index (χ0v) is 38.3. The summed E-state index contributed by atoms with van der Waals surface area (Å²) in [4.78, 5) is 15.3. The second-order valence-electron chi connectivity index (χ2n) is 18.2. The van der Waals surface area contributed by atoms with Gasteiger partial charge in [0.15, 0.2) is 17.5 Å². The van der Waals surface area contributed by atoms with E-state index in [-0.39, 0.29) is 5.41 Å². The monoisotopic (exact) mass is 871 g/mol. The molecule has 11 rings (SSSR count). The third kappa shape index (κ3) is 7.76. The van der Waals surface area contributed by atoms with Crippen molar-refractivity contribution in [3.05, 3.63) is 217 Å². The van der Waals surface area contributed by atoms with Crippen molar-refractivity contribution in [1.29, 1.82) is 0 Å². The lowest BCUT2D eigenvalue weighted by Crippen LogP contribution is -2.30. The fraction of sp³-hybridized carbons (Fsp3) is 0.131. The number of hydrogen-bond donors (Lipinski definition) is 0. The van der Waals surface area contributed by atoms with Crippen LogP contribution in [0.2, 0.25) is 0 Å². The van der Waals surface area contributed by atoms with Gasteiger partial charge in [-0.25, -0.2) is 15.0 Å². The summed E-state index contributed by atoms with van der Waals surface area (Å²) in [6, 6.07) is 73.6. The van der Waals surface area contributed by atoms with Crippen molar-refractivity contribution in [3.63, 3.8) is 0 Å². The molecule has 1 aliphatic rings. The molecule has 0 saturated heterocycles. The zero-order chi connectivity index (χ0) is 44.7. The molecule has 320 valence electrons. The van der Waals surface area contributed by atoms with Gasteiger partial charge in [0.1, 0.15) is 7.14 Å². The van der Waals surface area contributed by atoms with Gasteiger partial charge in [0.25, 0.3) is 0 Å². The summed E-state index contributed by atoms with van der Waals surface area (Å²) in [7, 11) is -2.37. The van der Waals surface area contributed by atoms with Crippen LogP contribution in [0.3, 0.4) is 0 Å². The van der Waals surface area contributed by atoms with Crippen molar-refractivity contribution in [2.75, 3.05) is 13.3 Å². The maximum absolute atomic E-state index is 12.9. The van der Waals surface area contributed by atoms with Crippen LogP contribution in [0.5, 0.6) is 0 Å². The van der Waals surface area contributed by atoms with Crippen LogP contribution in [-0.2, 0) is 9.98 Å². The van der Waals surface area contributed by atoms with E-state index in [4.69, 9.17) is 15.0 Å². The second-order valence-corrected chi connectivity index (χ2v) is 21.4. The molecule has 66 heavy (non-hydrogen) atoms. The van der Waals surface area contributed by atoms with Crippen molar-refractivity contribution >= 4 is 34.0 Å². The smallest absolute Gasteiger partial charge is 0.164 e. The van der Waals surface area contributed by atoms with Gasteiger partial charge in [0.2, 0.25) is 0 Å². The predicted molar refractivity (Wildman–Crippen MR) is 277 cm³/mol. The van der Waals surface area contributed by atoms with Gasteiger partial charge >= 0.3 is 0 Å². The third-order valence-electron chi connectivity index (χ3n) is 13.7. The maximum Gasteiger partial charge on any atom is 0.164 e. The van der Waals surface area contributed by atoms with Gasteiger partial charge in [0, 0.05) is 27.4 Å². The number of nitrogens with zero attached hydrogens (tertiary/aromatic N) is 3. The molecule has 4 nitrogen and oxygen atoms in total. The number of benzene rings is 9. The molecule has 0 amide bonds. The Morgan fingerprint density at radius 2 is 0.742 bits per heavy atom. The average Bonchev–Trinajstić information content (AvgIpc) is 3.38. The number of aromatic nitrogens is 3. The van der Waals surface area contributed by atoms with E-state index in [0.717, 1.165) is 51.5 Å². The highest BCUT2D eigenvalue weighted by molar-refractivity contribution is 7.70. The zero-order valence-electron chi connectivity index (χ0n) is 37.4. The molecule has 1 fully saturated rings. The quantitative estimate of drug-likeness (QED) is 0.107. The molecule has 1 aromatic heterocycles. The van der Waals surface area contributed by atoms with Gasteiger partial charge in [-0.15, -0.1) is 0 Å². The molecule has 0 bridgehead atoms. The van der Waals surface area contributed by atoms with Crippen LogP contribution in [0, 0.1) is 0 Å². The van der Waals surface area contributed by atoms with Crippen LogP contribution in [0.25, 0.3) is 89.1 Å². The largest absolute Gasteiger partial charge is 0.319 e. The topological polar surface area (TPSA) is 55.7 Å². The molecule has 0 radical (unpaired) electrons. The number of hydrogen-bond acceptors (Lipinski definition) is 4. The van der Waals surface area contributed by atoms with E-state index in [1.807, 2.05) is 49.7 Å². The van der Waals surface area contributed by atoms with Gasteiger partial charge < -0.3 is 4.57 Å². The molecule has 10 aromatic rings. The van der Waals surface area contributed by atoms with Gasteiger partial charge in [-0.3, -0.25) is 0 Å². The van der Waals surface area contributed by atoms with Crippen molar-refractivity contribution in [2.24, 2.45) is 0 Å². The van der Waals surface area contributed by atoms with E-state index in [2.05, 4.69) is 170 Å². The van der Waals surface area contributed by atoms with Crippen LogP contribution in [0.1, 0.15) is 43.2 Å². The Labute approximate surface area is 387 Å². The maximum atomic E-state index is 12.9. The Hall–Kier alpha value is -7.26. The van der Waals surface area contributed by atoms with Crippen LogP contribution in [0.4, 0.5) is 0 Å². The number of fused-ring (bicyclic) bond motifs is 2. The third-order valence-corrected chi connectivity index (χ3v) is 15.3. The fourth-order valence-corrected chi connectivity index (χ4v) is 11.2. The van der Waals surface area contributed by atoms with Crippen molar-refractivity contribution in [3.8, 4) is 67.5 Å². The van der Waals surface area contributed by atoms with Crippen LogP contribution >= 0.6 is 7.14 Å². The van der Waals surface area contributed by atoms with Crippen LogP contribution in [0.15, 0.2) is 206 Å². The lowest BCUT2D eigenvalue weighted by molar-refractivity contribution is 0.346. The summed E-state index contributed by atoms with van der Waals surface area (Å²) in [6.07, 6.45) is 5.83. The molecule has 1 heterocycles. The summed E-state index contributed by atoms with van der Waals surface area (Å²) in [5, 5.41) is 5.78. The molecule has 0 unspecified atom stereocenters. The Morgan fingerprint density at radius 3 is 1.23 bits per heavy atom. The molecule has 0 aliphatic heterocycles. The standard InChI is InChI=1S/C61H50N3OP/c1-66(2,65)51-37-31-44(32-38-51)57-54-25-12-10-23-52(54)56(53-24-11-13-26-55(53)57)43-27-33-49(34-28-43)61(39-14-5-15-40-61)50-35-29-46(30-36-50)59-62-58(45-19-8-4-9-20-45)63-60(64-59)48-22-16-21-47(41-48)42-17-6-3-7-18-42/h3-4,6-13,16-38,41H,5,14-15,39-40H2,1-2H3. The highest BCUT2D eigenvalue weighted by Crippen LogP contribution is 2.48. The van der Waals surface area contributed by atoms with Crippen molar-refractivity contribution in [1.82, 2.24) is 15.0 Å². The normalized spacial score (nSPS) is 13.8. The number of rotatable bonds is 9. The highest BCUT2D eigenvalue weighted by atomic mass is 31.2. The molecular formula is C61H50N3OP. The van der Waals surface area contributed by atoms with E-state index in [1.165, 1.54) is 68.6 Å². The first-order chi connectivity index (χ1) is 32.3.